The van der Waals surface area contributed by atoms with Gasteiger partial charge in [0.1, 0.15) is 0 Å². The Kier molecular flexibility index (Phi) is 6.46. The maximum atomic E-state index is 13.3. The molecule has 2 aliphatic rings. The molecule has 0 N–H and O–H groups in total. The Labute approximate surface area is 165 Å². The van der Waals surface area contributed by atoms with Crippen LogP contribution in [0.15, 0.2) is 29.2 Å². The Morgan fingerprint density at radius 2 is 1.54 bits per heavy atom. The molecule has 1 aromatic carbocycles. The van der Waals surface area contributed by atoms with E-state index >= 15 is 0 Å². The summed E-state index contributed by atoms with van der Waals surface area (Å²) in [5, 5.41) is 0.863. The molecule has 0 atom stereocenters. The molecule has 0 bridgehead atoms. The van der Waals surface area contributed by atoms with E-state index in [1.165, 1.54) is 31.0 Å². The number of halogens is 1. The van der Waals surface area contributed by atoms with Crippen molar-refractivity contribution >= 4 is 40.8 Å². The molecule has 5 heteroatoms. The Hall–Kier alpha value is -1.26. The van der Waals surface area contributed by atoms with E-state index < -0.39 is 0 Å². The summed E-state index contributed by atoms with van der Waals surface area (Å²) in [4.78, 5) is 28.6. The van der Waals surface area contributed by atoms with Gasteiger partial charge in [0.15, 0.2) is 0 Å². The lowest BCUT2D eigenvalue weighted by atomic mass is 9.95. The summed E-state index contributed by atoms with van der Waals surface area (Å²) in [6.45, 7) is 4.10. The van der Waals surface area contributed by atoms with Crippen LogP contribution in [0.3, 0.4) is 0 Å². The van der Waals surface area contributed by atoms with Crippen LogP contribution in [0.4, 0.5) is 0 Å². The van der Waals surface area contributed by atoms with E-state index in [0.29, 0.717) is 15.5 Å². The number of hydrogen-bond acceptors (Lipinski definition) is 3. The number of carbonyl (C=O) groups excluding carboxylic acids is 2. The highest BCUT2D eigenvalue weighted by atomic mass is 35.5. The van der Waals surface area contributed by atoms with Crippen LogP contribution in [0.25, 0.3) is 5.57 Å². The first-order valence-corrected chi connectivity index (χ1v) is 10.8. The van der Waals surface area contributed by atoms with Gasteiger partial charge in [0.2, 0.25) is 0 Å². The van der Waals surface area contributed by atoms with E-state index in [1.54, 1.807) is 17.0 Å². The summed E-state index contributed by atoms with van der Waals surface area (Å²) in [6, 6.07) is 7.26. The van der Waals surface area contributed by atoms with Gasteiger partial charge in [0.05, 0.1) is 10.5 Å². The second kappa shape index (κ2) is 8.62. The molecule has 1 heterocycles. The van der Waals surface area contributed by atoms with Crippen molar-refractivity contribution in [3.05, 3.63) is 39.8 Å². The van der Waals surface area contributed by atoms with Gasteiger partial charge in [-0.2, -0.15) is 0 Å². The van der Waals surface area contributed by atoms with Crippen molar-refractivity contribution in [2.24, 2.45) is 0 Å². The van der Waals surface area contributed by atoms with Gasteiger partial charge in [-0.05, 0) is 30.5 Å². The molecule has 1 aromatic rings. The van der Waals surface area contributed by atoms with Crippen LogP contribution in [0, 0.1) is 0 Å². The lowest BCUT2D eigenvalue weighted by Crippen LogP contribution is -2.41. The number of hydrogen-bond donors (Lipinski definition) is 0. The Balaban J connectivity index is 1.95. The van der Waals surface area contributed by atoms with Crippen molar-refractivity contribution < 1.29 is 9.59 Å². The number of rotatable bonds is 4. The third-order valence-corrected chi connectivity index (χ3v) is 6.34. The zero-order valence-corrected chi connectivity index (χ0v) is 17.0. The largest absolute Gasteiger partial charge is 0.271 e. The zero-order valence-electron chi connectivity index (χ0n) is 15.5. The fraction of sp³-hybridized carbons (Fsp3) is 0.524. The molecule has 2 amide bonds. The highest BCUT2D eigenvalue weighted by molar-refractivity contribution is 8.04. The average molecular weight is 392 g/mol. The maximum absolute atomic E-state index is 13.3. The molecule has 140 valence electrons. The molecule has 0 radical (unpaired) electrons. The number of imide groups is 1. The number of benzene rings is 1. The second-order valence-electron chi connectivity index (χ2n) is 7.36. The number of amides is 2. The fourth-order valence-corrected chi connectivity index (χ4v) is 4.89. The van der Waals surface area contributed by atoms with E-state index in [0.717, 1.165) is 31.2 Å². The quantitative estimate of drug-likeness (QED) is 0.620. The van der Waals surface area contributed by atoms with Crippen molar-refractivity contribution in [2.75, 3.05) is 0 Å². The van der Waals surface area contributed by atoms with Crippen LogP contribution in [-0.2, 0) is 9.59 Å². The van der Waals surface area contributed by atoms with Gasteiger partial charge in [-0.3, -0.25) is 14.5 Å². The number of carbonyl (C=O) groups is 2. The lowest BCUT2D eigenvalue weighted by molar-refractivity contribution is -0.139. The van der Waals surface area contributed by atoms with Crippen LogP contribution in [0.5, 0.6) is 0 Å². The topological polar surface area (TPSA) is 37.4 Å². The highest BCUT2D eigenvalue weighted by Crippen LogP contribution is 2.40. The molecular formula is C21H26ClNO2S. The van der Waals surface area contributed by atoms with Gasteiger partial charge in [-0.25, -0.2) is 0 Å². The Morgan fingerprint density at radius 1 is 0.962 bits per heavy atom. The van der Waals surface area contributed by atoms with Gasteiger partial charge in [0.25, 0.3) is 11.8 Å². The van der Waals surface area contributed by atoms with E-state index in [2.05, 4.69) is 0 Å². The molecule has 1 aliphatic carbocycles. The Bertz CT molecular complexity index is 703. The smallest absolute Gasteiger partial charge is 0.268 e. The van der Waals surface area contributed by atoms with Crippen molar-refractivity contribution in [3.63, 3.8) is 0 Å². The third-order valence-electron chi connectivity index (χ3n) is 5.00. The summed E-state index contributed by atoms with van der Waals surface area (Å²) >= 11 is 7.50. The normalized spacial score (nSPS) is 20.1. The molecule has 0 saturated heterocycles. The molecular weight excluding hydrogens is 366 g/mol. The molecule has 0 spiro atoms. The third kappa shape index (κ3) is 4.17. The molecule has 3 rings (SSSR count). The first-order valence-electron chi connectivity index (χ1n) is 9.54. The van der Waals surface area contributed by atoms with Crippen LogP contribution in [-0.4, -0.2) is 28.0 Å². The molecule has 1 fully saturated rings. The predicted octanol–water partition coefficient (Wildman–Crippen LogP) is 5.67. The number of thioether (sulfide) groups is 1. The van der Waals surface area contributed by atoms with Crippen molar-refractivity contribution in [1.82, 2.24) is 4.90 Å². The minimum absolute atomic E-state index is 0.0304. The minimum atomic E-state index is -0.133. The van der Waals surface area contributed by atoms with Gasteiger partial charge in [0, 0.05) is 16.3 Å². The average Bonchev–Trinajstić information content (AvgIpc) is 2.79. The van der Waals surface area contributed by atoms with Crippen LogP contribution >= 0.6 is 23.4 Å². The van der Waals surface area contributed by atoms with E-state index in [9.17, 15) is 9.59 Å². The van der Waals surface area contributed by atoms with E-state index in [1.807, 2.05) is 26.0 Å². The lowest BCUT2D eigenvalue weighted by Gasteiger charge is -2.28. The Morgan fingerprint density at radius 3 is 2.12 bits per heavy atom. The zero-order chi connectivity index (χ0) is 18.7. The molecule has 1 saturated carbocycles. The van der Waals surface area contributed by atoms with Crippen molar-refractivity contribution in [2.45, 2.75) is 70.1 Å². The van der Waals surface area contributed by atoms with Crippen LogP contribution in [0.1, 0.15) is 64.4 Å². The molecule has 1 aliphatic heterocycles. The second-order valence-corrected chi connectivity index (χ2v) is 9.38. The minimum Gasteiger partial charge on any atom is -0.271 e. The monoisotopic (exact) mass is 391 g/mol. The van der Waals surface area contributed by atoms with Crippen LogP contribution < -0.4 is 0 Å². The summed E-state index contributed by atoms with van der Waals surface area (Å²) in [6.07, 6.45) is 7.66. The van der Waals surface area contributed by atoms with Crippen LogP contribution in [0.2, 0.25) is 5.02 Å². The van der Waals surface area contributed by atoms with Crippen molar-refractivity contribution in [1.29, 1.82) is 0 Å². The van der Waals surface area contributed by atoms with Gasteiger partial charge >= 0.3 is 0 Å². The summed E-state index contributed by atoms with van der Waals surface area (Å²) in [7, 11) is 0. The standard InChI is InChI=1S/C21H26ClNO2S/c1-14(2)26-19-18(15-10-12-16(22)13-11-15)20(24)23(21(19)25)17-8-6-4-3-5-7-9-17/h10-14,17H,3-9H2,1-2H3. The summed E-state index contributed by atoms with van der Waals surface area (Å²) in [5.74, 6) is -0.240. The fourth-order valence-electron chi connectivity index (χ4n) is 3.77. The van der Waals surface area contributed by atoms with Gasteiger partial charge < -0.3 is 0 Å². The molecule has 0 aromatic heterocycles. The molecule has 26 heavy (non-hydrogen) atoms. The maximum Gasteiger partial charge on any atom is 0.268 e. The van der Waals surface area contributed by atoms with Gasteiger partial charge in [-0.1, -0.05) is 69.7 Å². The van der Waals surface area contributed by atoms with E-state index in [4.69, 9.17) is 11.6 Å². The predicted molar refractivity (Wildman–Crippen MR) is 109 cm³/mol. The highest BCUT2D eigenvalue weighted by Gasteiger charge is 2.42. The molecule has 3 nitrogen and oxygen atoms in total. The summed E-state index contributed by atoms with van der Waals surface area (Å²) < 4.78 is 0. The first kappa shape index (κ1) is 19.5. The van der Waals surface area contributed by atoms with Crippen molar-refractivity contribution in [3.8, 4) is 0 Å². The van der Waals surface area contributed by atoms with E-state index in [-0.39, 0.29) is 23.1 Å². The molecule has 0 unspecified atom stereocenters. The summed E-state index contributed by atoms with van der Waals surface area (Å²) in [5.41, 5.74) is 1.33. The number of nitrogens with zero attached hydrogens (tertiary/aromatic N) is 1. The van der Waals surface area contributed by atoms with Gasteiger partial charge in [-0.15, -0.1) is 11.8 Å². The first-order chi connectivity index (χ1) is 12.5. The SMILES string of the molecule is CC(C)SC1=C(c2ccc(Cl)cc2)C(=O)N(C2CCCCCCC2)C1=O.